The van der Waals surface area contributed by atoms with E-state index in [2.05, 4.69) is 10.3 Å². The molecule has 0 saturated carbocycles. The monoisotopic (exact) mass is 373 g/mol. The van der Waals surface area contributed by atoms with Gasteiger partial charge in [-0.05, 0) is 55.7 Å². The maximum atomic E-state index is 12.9. The maximum Gasteiger partial charge on any atom is 0.257 e. The average Bonchev–Trinajstić information content (AvgIpc) is 2.69. The fourth-order valence-electron chi connectivity index (χ4n) is 3.24. The van der Waals surface area contributed by atoms with Gasteiger partial charge in [-0.3, -0.25) is 9.78 Å². The summed E-state index contributed by atoms with van der Waals surface area (Å²) >= 11 is 0. The largest absolute Gasteiger partial charge is 0.322 e. The van der Waals surface area contributed by atoms with E-state index in [1.54, 1.807) is 46.9 Å². The fraction of sp³-hybridized carbons (Fsp3) is 0.368. The molecule has 1 N–H and O–H groups in total. The molecule has 6 nitrogen and oxygen atoms in total. The van der Waals surface area contributed by atoms with Gasteiger partial charge in [0.2, 0.25) is 10.0 Å². The van der Waals surface area contributed by atoms with Crippen LogP contribution in [0.15, 0.2) is 53.7 Å². The number of carbonyl (C=O) groups is 1. The summed E-state index contributed by atoms with van der Waals surface area (Å²) in [5.74, 6) is -0.282. The van der Waals surface area contributed by atoms with E-state index in [0.29, 0.717) is 17.8 Å². The zero-order chi connectivity index (χ0) is 18.6. The Morgan fingerprint density at radius 2 is 2.00 bits per heavy atom. The van der Waals surface area contributed by atoms with E-state index in [-0.39, 0.29) is 16.8 Å². The number of carbonyl (C=O) groups excluding carboxylic acids is 1. The molecule has 0 radical (unpaired) electrons. The molecule has 0 bridgehead atoms. The van der Waals surface area contributed by atoms with Gasteiger partial charge in [0, 0.05) is 30.7 Å². The molecule has 138 valence electrons. The summed E-state index contributed by atoms with van der Waals surface area (Å²) in [5, 5.41) is 2.75. The van der Waals surface area contributed by atoms with E-state index >= 15 is 0 Å². The first-order chi connectivity index (χ1) is 12.5. The van der Waals surface area contributed by atoms with E-state index < -0.39 is 10.0 Å². The third-order valence-corrected chi connectivity index (χ3v) is 6.65. The molecule has 1 aromatic heterocycles. The molecule has 1 aromatic carbocycles. The van der Waals surface area contributed by atoms with Gasteiger partial charge < -0.3 is 5.32 Å². The molecule has 2 aromatic rings. The average molecular weight is 373 g/mol. The highest BCUT2D eigenvalue weighted by atomic mass is 32.2. The van der Waals surface area contributed by atoms with Crippen LogP contribution in [0.1, 0.15) is 43.0 Å². The normalized spacial score (nSPS) is 18.4. The Hall–Kier alpha value is -2.25. The van der Waals surface area contributed by atoms with Crippen LogP contribution < -0.4 is 5.32 Å². The van der Waals surface area contributed by atoms with Crippen molar-refractivity contribution in [2.75, 3.05) is 11.9 Å². The number of piperidine rings is 1. The van der Waals surface area contributed by atoms with Crippen LogP contribution in [-0.4, -0.2) is 36.2 Å². The molecular weight excluding hydrogens is 350 g/mol. The molecular formula is C19H23N3O3S. The van der Waals surface area contributed by atoms with Gasteiger partial charge in [0.1, 0.15) is 0 Å². The van der Waals surface area contributed by atoms with Crippen LogP contribution in [0.5, 0.6) is 0 Å². The topological polar surface area (TPSA) is 79.4 Å². The first kappa shape index (κ1) is 18.5. The van der Waals surface area contributed by atoms with Crippen LogP contribution in [0.3, 0.4) is 0 Å². The van der Waals surface area contributed by atoms with Crippen LogP contribution in [0.25, 0.3) is 0 Å². The second-order valence-corrected chi connectivity index (χ2v) is 8.28. The highest BCUT2D eigenvalue weighted by molar-refractivity contribution is 7.89. The Kier molecular flexibility index (Phi) is 5.68. The van der Waals surface area contributed by atoms with E-state index in [1.165, 1.54) is 6.20 Å². The zero-order valence-electron chi connectivity index (χ0n) is 14.8. The number of anilines is 1. The van der Waals surface area contributed by atoms with E-state index in [4.69, 9.17) is 0 Å². The first-order valence-electron chi connectivity index (χ1n) is 8.85. The summed E-state index contributed by atoms with van der Waals surface area (Å²) < 4.78 is 27.5. The SMILES string of the molecule is CC[C@@H]1CCCCN1S(=O)(=O)c1ccc(NC(=O)c2cccnc2)cc1. The van der Waals surface area contributed by atoms with Crippen molar-refractivity contribution in [1.82, 2.24) is 9.29 Å². The van der Waals surface area contributed by atoms with E-state index in [0.717, 1.165) is 25.7 Å². The predicted octanol–water partition coefficient (Wildman–Crippen LogP) is 3.29. The minimum absolute atomic E-state index is 0.0682. The van der Waals surface area contributed by atoms with Crippen LogP contribution >= 0.6 is 0 Å². The van der Waals surface area contributed by atoms with E-state index in [9.17, 15) is 13.2 Å². The number of amides is 1. The molecule has 2 heterocycles. The van der Waals surface area contributed by atoms with Crippen molar-refractivity contribution in [3.05, 3.63) is 54.4 Å². The van der Waals surface area contributed by atoms with Gasteiger partial charge >= 0.3 is 0 Å². The van der Waals surface area contributed by atoms with Crippen molar-refractivity contribution in [2.45, 2.75) is 43.5 Å². The number of nitrogens with one attached hydrogen (secondary N) is 1. The molecule has 1 amide bonds. The Morgan fingerprint density at radius 1 is 1.23 bits per heavy atom. The lowest BCUT2D eigenvalue weighted by atomic mass is 10.0. The maximum absolute atomic E-state index is 12.9. The van der Waals surface area contributed by atoms with Crippen molar-refractivity contribution in [3.63, 3.8) is 0 Å². The van der Waals surface area contributed by atoms with Gasteiger partial charge in [-0.2, -0.15) is 4.31 Å². The number of hydrogen-bond donors (Lipinski definition) is 1. The number of pyridine rings is 1. The Morgan fingerprint density at radius 3 is 2.65 bits per heavy atom. The number of benzene rings is 1. The van der Waals surface area contributed by atoms with Crippen molar-refractivity contribution >= 4 is 21.6 Å². The predicted molar refractivity (Wildman–Crippen MR) is 100 cm³/mol. The van der Waals surface area contributed by atoms with Gasteiger partial charge in [-0.25, -0.2) is 8.42 Å². The lowest BCUT2D eigenvalue weighted by molar-refractivity contribution is 0.102. The first-order valence-corrected chi connectivity index (χ1v) is 10.3. The summed E-state index contributed by atoms with van der Waals surface area (Å²) in [6, 6.07) is 9.76. The number of hydrogen-bond acceptors (Lipinski definition) is 4. The molecule has 0 unspecified atom stereocenters. The molecule has 0 aliphatic carbocycles. The quantitative estimate of drug-likeness (QED) is 0.872. The standard InChI is InChI=1S/C19H23N3O3S/c1-2-17-7-3-4-13-22(17)26(24,25)18-10-8-16(9-11-18)21-19(23)15-6-5-12-20-14-15/h5-6,8-12,14,17H,2-4,7,13H2,1H3,(H,21,23)/t17-/m1/s1. The van der Waals surface area contributed by atoms with Crippen LogP contribution in [0.2, 0.25) is 0 Å². The van der Waals surface area contributed by atoms with Crippen molar-refractivity contribution in [1.29, 1.82) is 0 Å². The lowest BCUT2D eigenvalue weighted by Crippen LogP contribution is -2.43. The minimum atomic E-state index is -3.51. The fourth-order valence-corrected chi connectivity index (χ4v) is 5.01. The number of rotatable bonds is 5. The van der Waals surface area contributed by atoms with E-state index in [1.807, 2.05) is 6.92 Å². The molecule has 1 saturated heterocycles. The molecule has 7 heteroatoms. The molecule has 1 aliphatic rings. The van der Waals surface area contributed by atoms with Crippen LogP contribution in [-0.2, 0) is 10.0 Å². The highest BCUT2D eigenvalue weighted by Gasteiger charge is 2.32. The zero-order valence-corrected chi connectivity index (χ0v) is 15.6. The van der Waals surface area contributed by atoms with Crippen molar-refractivity contribution in [2.24, 2.45) is 0 Å². The molecule has 0 spiro atoms. The summed E-state index contributed by atoms with van der Waals surface area (Å²) in [7, 11) is -3.51. The van der Waals surface area contributed by atoms with Gasteiger partial charge in [0.15, 0.2) is 0 Å². The number of aromatic nitrogens is 1. The third-order valence-electron chi connectivity index (χ3n) is 4.69. The highest BCUT2D eigenvalue weighted by Crippen LogP contribution is 2.27. The molecule has 3 rings (SSSR count). The minimum Gasteiger partial charge on any atom is -0.322 e. The lowest BCUT2D eigenvalue weighted by Gasteiger charge is -2.34. The Bertz CT molecular complexity index is 851. The Balaban J connectivity index is 1.75. The van der Waals surface area contributed by atoms with Crippen molar-refractivity contribution in [3.8, 4) is 0 Å². The summed E-state index contributed by atoms with van der Waals surface area (Å²) in [6.07, 6.45) is 6.78. The molecule has 1 fully saturated rings. The van der Waals surface area contributed by atoms with Gasteiger partial charge in [-0.1, -0.05) is 13.3 Å². The smallest absolute Gasteiger partial charge is 0.257 e. The second-order valence-electron chi connectivity index (χ2n) is 6.39. The van der Waals surface area contributed by atoms with Crippen LogP contribution in [0, 0.1) is 0 Å². The van der Waals surface area contributed by atoms with Gasteiger partial charge in [-0.15, -0.1) is 0 Å². The van der Waals surface area contributed by atoms with Crippen LogP contribution in [0.4, 0.5) is 5.69 Å². The summed E-state index contributed by atoms with van der Waals surface area (Å²) in [4.78, 5) is 16.3. The molecule has 1 atom stereocenters. The number of sulfonamides is 1. The molecule has 26 heavy (non-hydrogen) atoms. The van der Waals surface area contributed by atoms with Gasteiger partial charge in [0.25, 0.3) is 5.91 Å². The second kappa shape index (κ2) is 7.97. The number of nitrogens with zero attached hydrogens (tertiary/aromatic N) is 2. The Labute approximate surface area is 154 Å². The van der Waals surface area contributed by atoms with Crippen molar-refractivity contribution < 1.29 is 13.2 Å². The summed E-state index contributed by atoms with van der Waals surface area (Å²) in [5.41, 5.74) is 0.992. The molecule has 1 aliphatic heterocycles. The third kappa shape index (κ3) is 3.94. The summed E-state index contributed by atoms with van der Waals surface area (Å²) in [6.45, 7) is 2.59. The van der Waals surface area contributed by atoms with Gasteiger partial charge in [0.05, 0.1) is 10.5 Å².